The van der Waals surface area contributed by atoms with E-state index >= 15 is 0 Å². The van der Waals surface area contributed by atoms with Crippen molar-refractivity contribution in [3.05, 3.63) is 48.3 Å². The first kappa shape index (κ1) is 16.5. The minimum Gasteiger partial charge on any atom is -0.481 e. The molecule has 7 heteroatoms. The van der Waals surface area contributed by atoms with Crippen molar-refractivity contribution in [1.82, 2.24) is 20.0 Å². The molecule has 0 bridgehead atoms. The van der Waals surface area contributed by atoms with E-state index in [-0.39, 0.29) is 19.0 Å². The Morgan fingerprint density at radius 1 is 1.26 bits per heavy atom. The highest BCUT2D eigenvalue weighted by molar-refractivity contribution is 5.74. The molecule has 7 nitrogen and oxygen atoms in total. The molecular weight excluding hydrogens is 296 g/mol. The highest BCUT2D eigenvalue weighted by atomic mass is 16.4. The van der Waals surface area contributed by atoms with E-state index in [2.05, 4.69) is 10.4 Å². The van der Waals surface area contributed by atoms with Crippen LogP contribution in [0.1, 0.15) is 12.1 Å². The van der Waals surface area contributed by atoms with E-state index in [0.29, 0.717) is 13.0 Å². The second-order valence-corrected chi connectivity index (χ2v) is 5.13. The number of carbonyl (C=O) groups is 2. The van der Waals surface area contributed by atoms with Crippen molar-refractivity contribution in [2.24, 2.45) is 0 Å². The summed E-state index contributed by atoms with van der Waals surface area (Å²) < 4.78 is 1.79. The summed E-state index contributed by atoms with van der Waals surface area (Å²) in [5, 5.41) is 15.8. The van der Waals surface area contributed by atoms with Crippen molar-refractivity contribution in [3.8, 4) is 5.69 Å². The van der Waals surface area contributed by atoms with Crippen molar-refractivity contribution >= 4 is 12.0 Å². The van der Waals surface area contributed by atoms with Crippen LogP contribution < -0.4 is 5.32 Å². The number of carboxylic acids is 1. The smallest absolute Gasteiger partial charge is 0.317 e. The van der Waals surface area contributed by atoms with Gasteiger partial charge < -0.3 is 15.3 Å². The average molecular weight is 316 g/mol. The fourth-order valence-corrected chi connectivity index (χ4v) is 2.02. The van der Waals surface area contributed by atoms with E-state index in [1.54, 1.807) is 11.7 Å². The van der Waals surface area contributed by atoms with Crippen LogP contribution in [0.2, 0.25) is 0 Å². The van der Waals surface area contributed by atoms with Crippen LogP contribution >= 0.6 is 0 Å². The van der Waals surface area contributed by atoms with Gasteiger partial charge in [0, 0.05) is 32.8 Å². The Hall–Kier alpha value is -2.83. The molecule has 0 fully saturated rings. The van der Waals surface area contributed by atoms with Gasteiger partial charge in [-0.3, -0.25) is 4.79 Å². The summed E-state index contributed by atoms with van der Waals surface area (Å²) in [6, 6.07) is 11.4. The molecular formula is C16H20N4O3. The monoisotopic (exact) mass is 316 g/mol. The second kappa shape index (κ2) is 7.98. The van der Waals surface area contributed by atoms with E-state index in [1.165, 1.54) is 4.90 Å². The maximum Gasteiger partial charge on any atom is 0.317 e. The molecule has 2 rings (SSSR count). The van der Waals surface area contributed by atoms with Gasteiger partial charge >= 0.3 is 12.0 Å². The maximum absolute atomic E-state index is 11.8. The molecule has 1 aromatic carbocycles. The third-order valence-corrected chi connectivity index (χ3v) is 3.33. The fourth-order valence-electron chi connectivity index (χ4n) is 2.02. The van der Waals surface area contributed by atoms with Gasteiger partial charge in [-0.2, -0.15) is 5.10 Å². The zero-order valence-corrected chi connectivity index (χ0v) is 13.0. The van der Waals surface area contributed by atoms with Crippen molar-refractivity contribution in [2.75, 3.05) is 20.1 Å². The van der Waals surface area contributed by atoms with Gasteiger partial charge in [-0.15, -0.1) is 0 Å². The highest BCUT2D eigenvalue weighted by Gasteiger charge is 2.09. The van der Waals surface area contributed by atoms with Crippen LogP contribution in [0.15, 0.2) is 42.6 Å². The summed E-state index contributed by atoms with van der Waals surface area (Å²) >= 11 is 0. The number of nitrogens with zero attached hydrogens (tertiary/aromatic N) is 3. The largest absolute Gasteiger partial charge is 0.481 e. The number of para-hydroxylation sites is 1. The molecule has 0 radical (unpaired) electrons. The van der Waals surface area contributed by atoms with Gasteiger partial charge in [-0.1, -0.05) is 18.2 Å². The second-order valence-electron chi connectivity index (χ2n) is 5.13. The van der Waals surface area contributed by atoms with Gasteiger partial charge in [0.05, 0.1) is 17.8 Å². The topological polar surface area (TPSA) is 87.5 Å². The number of amides is 2. The molecule has 0 unspecified atom stereocenters. The Bertz CT molecular complexity index is 654. The number of hydrogen-bond donors (Lipinski definition) is 2. The number of carboxylic acid groups (broad SMARTS) is 1. The molecule has 23 heavy (non-hydrogen) atoms. The summed E-state index contributed by atoms with van der Waals surface area (Å²) in [6.45, 7) is 0.631. The van der Waals surface area contributed by atoms with Crippen LogP contribution in [0.3, 0.4) is 0 Å². The third kappa shape index (κ3) is 5.14. The summed E-state index contributed by atoms with van der Waals surface area (Å²) in [5.74, 6) is -0.920. The molecule has 0 spiro atoms. The summed E-state index contributed by atoms with van der Waals surface area (Å²) in [7, 11) is 1.57. The quantitative estimate of drug-likeness (QED) is 0.811. The normalized spacial score (nSPS) is 10.3. The van der Waals surface area contributed by atoms with Crippen LogP contribution in [0, 0.1) is 0 Å². The van der Waals surface area contributed by atoms with Crippen molar-refractivity contribution < 1.29 is 14.7 Å². The van der Waals surface area contributed by atoms with Gasteiger partial charge in [-0.05, 0) is 18.2 Å². The lowest BCUT2D eigenvalue weighted by atomic mass is 10.3. The van der Waals surface area contributed by atoms with Crippen molar-refractivity contribution in [2.45, 2.75) is 12.8 Å². The van der Waals surface area contributed by atoms with Gasteiger partial charge in [0.1, 0.15) is 0 Å². The molecule has 0 aliphatic carbocycles. The summed E-state index contributed by atoms with van der Waals surface area (Å²) in [5.41, 5.74) is 1.86. The zero-order valence-electron chi connectivity index (χ0n) is 13.0. The molecule has 0 aliphatic heterocycles. The number of aliphatic carboxylic acids is 1. The van der Waals surface area contributed by atoms with Gasteiger partial charge in [0.25, 0.3) is 0 Å². The Kier molecular flexibility index (Phi) is 5.74. The molecule has 1 heterocycles. The minimum absolute atomic E-state index is 0.0641. The maximum atomic E-state index is 11.8. The Labute approximate surface area is 134 Å². The number of nitrogens with one attached hydrogen (secondary N) is 1. The Morgan fingerprint density at radius 3 is 2.70 bits per heavy atom. The molecule has 0 saturated heterocycles. The summed E-state index contributed by atoms with van der Waals surface area (Å²) in [6.07, 6.45) is 2.43. The number of aromatic nitrogens is 2. The lowest BCUT2D eigenvalue weighted by Gasteiger charge is -2.16. The molecule has 2 aromatic rings. The molecule has 2 amide bonds. The van der Waals surface area contributed by atoms with Crippen LogP contribution in [0.4, 0.5) is 4.79 Å². The summed E-state index contributed by atoms with van der Waals surface area (Å²) in [4.78, 5) is 23.6. The van der Waals surface area contributed by atoms with Crippen molar-refractivity contribution in [3.63, 3.8) is 0 Å². The van der Waals surface area contributed by atoms with Gasteiger partial charge in [0.2, 0.25) is 0 Å². The van der Waals surface area contributed by atoms with Crippen molar-refractivity contribution in [1.29, 1.82) is 0 Å². The number of hydrogen-bond acceptors (Lipinski definition) is 3. The number of carbonyl (C=O) groups excluding carboxylic acids is 1. The van der Waals surface area contributed by atoms with Crippen LogP contribution in [0.25, 0.3) is 5.69 Å². The van der Waals surface area contributed by atoms with E-state index < -0.39 is 5.97 Å². The SMILES string of the molecule is CN(CCC(=O)O)C(=O)NCCc1ccn(-c2ccccc2)n1. The number of rotatable bonds is 7. The first-order chi connectivity index (χ1) is 11.1. The Balaban J connectivity index is 1.77. The number of urea groups is 1. The predicted molar refractivity (Wildman–Crippen MR) is 85.5 cm³/mol. The molecule has 0 saturated carbocycles. The van der Waals surface area contributed by atoms with Gasteiger partial charge in [-0.25, -0.2) is 9.48 Å². The zero-order chi connectivity index (χ0) is 16.7. The average Bonchev–Trinajstić information content (AvgIpc) is 3.02. The van der Waals surface area contributed by atoms with Crippen LogP contribution in [-0.4, -0.2) is 51.9 Å². The molecule has 2 N–H and O–H groups in total. The Morgan fingerprint density at radius 2 is 2.00 bits per heavy atom. The first-order valence-electron chi connectivity index (χ1n) is 7.37. The van der Waals surface area contributed by atoms with E-state index in [9.17, 15) is 9.59 Å². The first-order valence-corrected chi connectivity index (χ1v) is 7.37. The van der Waals surface area contributed by atoms with Crippen LogP contribution in [-0.2, 0) is 11.2 Å². The molecule has 0 atom stereocenters. The molecule has 0 aliphatic rings. The fraction of sp³-hybridized carbons (Fsp3) is 0.312. The lowest BCUT2D eigenvalue weighted by molar-refractivity contribution is -0.137. The third-order valence-electron chi connectivity index (χ3n) is 3.33. The number of benzene rings is 1. The van der Waals surface area contributed by atoms with Gasteiger partial charge in [0.15, 0.2) is 0 Å². The highest BCUT2D eigenvalue weighted by Crippen LogP contribution is 2.06. The van der Waals surface area contributed by atoms with E-state index in [1.807, 2.05) is 42.6 Å². The van der Waals surface area contributed by atoms with E-state index in [0.717, 1.165) is 11.4 Å². The standard InChI is InChI=1S/C16H20N4O3/c1-19(11-9-15(21)22)16(23)17-10-7-13-8-12-20(18-13)14-5-3-2-4-6-14/h2-6,8,12H,7,9-11H2,1H3,(H,17,23)(H,21,22). The predicted octanol–water partition coefficient (Wildman–Crippen LogP) is 1.53. The molecule has 122 valence electrons. The minimum atomic E-state index is -0.920. The molecule has 1 aromatic heterocycles. The van der Waals surface area contributed by atoms with Crippen LogP contribution in [0.5, 0.6) is 0 Å². The van der Waals surface area contributed by atoms with E-state index in [4.69, 9.17) is 5.11 Å². The lowest BCUT2D eigenvalue weighted by Crippen LogP contribution is -2.39.